The van der Waals surface area contributed by atoms with Crippen LogP contribution in [-0.4, -0.2) is 71.7 Å². The number of Topliss-reactive ketones (excluding diaryl/α,β-unsaturated/α-hetero) is 4. The Morgan fingerprint density at radius 2 is 0.628 bits per heavy atom. The van der Waals surface area contributed by atoms with E-state index in [1.807, 2.05) is 0 Å². The van der Waals surface area contributed by atoms with Crippen molar-refractivity contribution in [2.75, 3.05) is 26.4 Å². The lowest BCUT2D eigenvalue weighted by Gasteiger charge is -2.23. The highest BCUT2D eigenvalue weighted by Gasteiger charge is 2.26. The van der Waals surface area contributed by atoms with Gasteiger partial charge in [-0.1, -0.05) is 92.2 Å². The van der Waals surface area contributed by atoms with Crippen LogP contribution >= 0.6 is 0 Å². The summed E-state index contributed by atoms with van der Waals surface area (Å²) in [6, 6.07) is 14.0. The van der Waals surface area contributed by atoms with Gasteiger partial charge in [-0.05, 0) is 133 Å². The molecule has 12 nitrogen and oxygen atoms in total. The van der Waals surface area contributed by atoms with Gasteiger partial charge in [0.2, 0.25) is 0 Å². The van der Waals surface area contributed by atoms with E-state index in [0.29, 0.717) is 130 Å². The molecule has 0 aliphatic heterocycles. The number of aromatic hydroxyl groups is 2. The van der Waals surface area contributed by atoms with Gasteiger partial charge in [0.1, 0.15) is 23.0 Å². The van der Waals surface area contributed by atoms with Gasteiger partial charge in [-0.15, -0.1) is 0 Å². The molecule has 12 heteroatoms. The summed E-state index contributed by atoms with van der Waals surface area (Å²) < 4.78 is 24.2. The Labute approximate surface area is 463 Å². The molecule has 8 bridgehead atoms. The predicted octanol–water partition coefficient (Wildman–Crippen LogP) is 14.6. The van der Waals surface area contributed by atoms with Gasteiger partial charge in [0.05, 0.1) is 26.4 Å². The molecule has 420 valence electrons. The maximum atomic E-state index is 14.3. The monoisotopic (exact) mass is 1070 g/mol. The molecule has 4 aromatic carbocycles. The van der Waals surface area contributed by atoms with Crippen LogP contribution in [0.2, 0.25) is 0 Å². The molecule has 0 unspecified atom stereocenters. The van der Waals surface area contributed by atoms with Crippen molar-refractivity contribution in [3.05, 3.63) is 140 Å². The number of carbonyl (C=O) groups excluding carboxylic acids is 6. The Bertz CT molecular complexity index is 2510. The Morgan fingerprint density at radius 1 is 0.385 bits per heavy atom. The first-order valence-corrected chi connectivity index (χ1v) is 28.5. The number of ketones is 4. The molecule has 0 heterocycles. The lowest BCUT2D eigenvalue weighted by molar-refractivity contribution is -0.140. The Hall–Kier alpha value is -6.82. The fourth-order valence-electron chi connectivity index (χ4n) is 9.69. The summed E-state index contributed by atoms with van der Waals surface area (Å²) in [5.74, 6) is -0.819. The number of esters is 2. The summed E-state index contributed by atoms with van der Waals surface area (Å²) in [4.78, 5) is 81.7. The summed E-state index contributed by atoms with van der Waals surface area (Å²) in [5.41, 5.74) is 5.93. The van der Waals surface area contributed by atoms with Crippen LogP contribution in [0.4, 0.5) is 0 Å². The smallest absolute Gasteiger partial charge is 0.333 e. The van der Waals surface area contributed by atoms with Crippen LogP contribution in [0.5, 0.6) is 23.0 Å². The summed E-state index contributed by atoms with van der Waals surface area (Å²) in [6.07, 6.45) is 11.6. The fraction of sp³-hybridized carbons (Fsp3) is 0.485. The van der Waals surface area contributed by atoms with Gasteiger partial charge in [0, 0.05) is 97.6 Å². The third-order valence-electron chi connectivity index (χ3n) is 14.1. The molecule has 0 radical (unpaired) electrons. The molecule has 2 N–H and O–H groups in total. The minimum Gasteiger partial charge on any atom is -0.507 e. The number of phenols is 2. The van der Waals surface area contributed by atoms with E-state index in [1.165, 1.54) is 0 Å². The number of hydrogen-bond donors (Lipinski definition) is 2. The maximum Gasteiger partial charge on any atom is 0.333 e. The molecule has 0 spiro atoms. The van der Waals surface area contributed by atoms with Gasteiger partial charge in [-0.2, -0.15) is 0 Å². The van der Waals surface area contributed by atoms with Gasteiger partial charge in [-0.3, -0.25) is 19.2 Å². The predicted molar refractivity (Wildman–Crippen MR) is 306 cm³/mol. The number of rotatable bonds is 32. The van der Waals surface area contributed by atoms with Crippen LogP contribution in [0.15, 0.2) is 72.8 Å². The number of hydrogen-bond acceptors (Lipinski definition) is 12. The molecule has 0 aromatic heterocycles. The number of benzene rings is 4. The molecular weight excluding hydrogens is 985 g/mol. The van der Waals surface area contributed by atoms with Crippen LogP contribution in [-0.2, 0) is 44.7 Å². The Kier molecular flexibility index (Phi) is 25.1. The van der Waals surface area contributed by atoms with Crippen LogP contribution in [0.1, 0.15) is 243 Å². The average molecular weight is 1070 g/mol. The van der Waals surface area contributed by atoms with Crippen LogP contribution in [0, 0.1) is 0 Å². The van der Waals surface area contributed by atoms with Crippen molar-refractivity contribution in [1.29, 1.82) is 0 Å². The normalized spacial score (nSPS) is 11.9. The largest absolute Gasteiger partial charge is 0.507 e. The van der Waals surface area contributed by atoms with Crippen molar-refractivity contribution in [3.63, 3.8) is 0 Å². The van der Waals surface area contributed by atoms with E-state index < -0.39 is 11.9 Å². The van der Waals surface area contributed by atoms with Crippen molar-refractivity contribution in [3.8, 4) is 23.0 Å². The Morgan fingerprint density at radius 3 is 0.859 bits per heavy atom. The standard InChI is InChI=1S/C66H84O12/c1-9-13-17-23-57(67)45-31-49-39-53-35-47(59(69)25-19-15-11-3)37-55(63(53)75-27-21-29-77-65(73)43(5)6)41-51-33-46(58(68)24-18-14-10-2)34-52(62(51)72)42-56-38-48(60(70)26-20-16-12-4)36-54(40-50(32-45)61(49)71)64(56)76-28-22-30-78-66(74)44(7)8/h31-38,71-72H,5,7,9-30,39-42H2,1-4,6,8H3. The molecule has 0 atom stereocenters. The topological polar surface area (TPSA) is 180 Å². The molecule has 0 amide bonds. The molecule has 0 fully saturated rings. The summed E-state index contributed by atoms with van der Waals surface area (Å²) in [5, 5.41) is 25.3. The second-order valence-corrected chi connectivity index (χ2v) is 21.0. The number of carbonyl (C=O) groups is 6. The zero-order chi connectivity index (χ0) is 56.7. The van der Waals surface area contributed by atoms with Gasteiger partial charge in [0.15, 0.2) is 23.1 Å². The number of unbranched alkanes of at least 4 members (excludes halogenated alkanes) is 8. The molecule has 5 rings (SSSR count). The van der Waals surface area contributed by atoms with Gasteiger partial charge in [-0.25, -0.2) is 9.59 Å². The van der Waals surface area contributed by atoms with Crippen molar-refractivity contribution >= 4 is 35.1 Å². The third-order valence-corrected chi connectivity index (χ3v) is 14.1. The van der Waals surface area contributed by atoms with Gasteiger partial charge in [0.25, 0.3) is 0 Å². The van der Waals surface area contributed by atoms with E-state index in [1.54, 1.807) is 62.4 Å². The van der Waals surface area contributed by atoms with Crippen LogP contribution < -0.4 is 9.47 Å². The average Bonchev–Trinajstić information content (AvgIpc) is 3.41. The molecule has 4 aromatic rings. The van der Waals surface area contributed by atoms with E-state index >= 15 is 0 Å². The highest BCUT2D eigenvalue weighted by Crippen LogP contribution is 2.41. The van der Waals surface area contributed by atoms with E-state index in [2.05, 4.69) is 40.9 Å². The summed E-state index contributed by atoms with van der Waals surface area (Å²) in [6.45, 7) is 19.0. The molecule has 0 saturated carbocycles. The quantitative estimate of drug-likeness (QED) is 0.0180. The van der Waals surface area contributed by atoms with E-state index in [-0.39, 0.29) is 111 Å². The number of ether oxygens (including phenoxy) is 4. The molecular formula is C66H84O12. The first kappa shape index (κ1) is 62.0. The molecule has 78 heavy (non-hydrogen) atoms. The van der Waals surface area contributed by atoms with E-state index in [4.69, 9.17) is 18.9 Å². The molecule has 0 saturated heterocycles. The van der Waals surface area contributed by atoms with Crippen molar-refractivity contribution < 1.29 is 57.9 Å². The fourth-order valence-corrected chi connectivity index (χ4v) is 9.69. The first-order chi connectivity index (χ1) is 37.5. The van der Waals surface area contributed by atoms with Crippen LogP contribution in [0.3, 0.4) is 0 Å². The summed E-state index contributed by atoms with van der Waals surface area (Å²) >= 11 is 0. The molecule has 1 aliphatic carbocycles. The number of phenolic OH excluding ortho intramolecular Hbond substituents is 2. The lowest BCUT2D eigenvalue weighted by Crippen LogP contribution is -2.13. The van der Waals surface area contributed by atoms with Crippen molar-refractivity contribution in [1.82, 2.24) is 0 Å². The minimum absolute atomic E-state index is 0.0125. The highest BCUT2D eigenvalue weighted by atomic mass is 16.5. The first-order valence-electron chi connectivity index (χ1n) is 28.5. The van der Waals surface area contributed by atoms with Gasteiger partial charge >= 0.3 is 11.9 Å². The third kappa shape index (κ3) is 18.1. The Balaban J connectivity index is 1.86. The maximum absolute atomic E-state index is 14.3. The van der Waals surface area contributed by atoms with E-state index in [9.17, 15) is 39.0 Å². The van der Waals surface area contributed by atoms with Gasteiger partial charge < -0.3 is 29.2 Å². The zero-order valence-corrected chi connectivity index (χ0v) is 47.4. The van der Waals surface area contributed by atoms with E-state index in [0.717, 1.165) is 51.4 Å². The minimum atomic E-state index is -0.525. The summed E-state index contributed by atoms with van der Waals surface area (Å²) in [7, 11) is 0. The van der Waals surface area contributed by atoms with Crippen molar-refractivity contribution in [2.45, 2.75) is 183 Å². The number of fused-ring (bicyclic) bond motifs is 8. The molecule has 1 aliphatic rings. The SMILES string of the molecule is C=C(C)C(=O)OCCCOc1c2cc(C(=O)CCCCC)cc1Cc1cc(C(=O)CCCCC)cc(c1O)Cc1cc(C(=O)CCCCC)cc(c1OCCCOC(=O)C(=C)C)Cc1cc(C(=O)CCCCC)cc(c1O)C2. The second kappa shape index (κ2) is 31.5. The second-order valence-electron chi connectivity index (χ2n) is 21.0. The zero-order valence-electron chi connectivity index (χ0n) is 47.4. The van der Waals surface area contributed by atoms with Crippen molar-refractivity contribution in [2.24, 2.45) is 0 Å². The van der Waals surface area contributed by atoms with Crippen LogP contribution in [0.25, 0.3) is 0 Å². The lowest BCUT2D eigenvalue weighted by atomic mass is 9.86. The highest BCUT2D eigenvalue weighted by molar-refractivity contribution is 5.99.